The summed E-state index contributed by atoms with van der Waals surface area (Å²) in [5.74, 6) is 0. The Hall–Kier alpha value is -0.710. The second-order valence-electron chi connectivity index (χ2n) is 3.84. The zero-order chi connectivity index (χ0) is 12.1. The largest absolute Gasteiger partial charge is 0.304 e. The topological polar surface area (TPSA) is 24.9 Å². The van der Waals surface area contributed by atoms with Gasteiger partial charge in [0, 0.05) is 22.4 Å². The van der Waals surface area contributed by atoms with Crippen LogP contribution in [0.15, 0.2) is 39.6 Å². The van der Waals surface area contributed by atoms with E-state index in [4.69, 9.17) is 0 Å². The lowest BCUT2D eigenvalue weighted by Gasteiger charge is -2.18. The zero-order valence-electron chi connectivity index (χ0n) is 9.69. The molecule has 0 saturated heterocycles. The van der Waals surface area contributed by atoms with Crippen molar-refractivity contribution in [1.82, 2.24) is 10.3 Å². The molecule has 4 heteroatoms. The first kappa shape index (κ1) is 12.7. The molecule has 0 aliphatic heterocycles. The lowest BCUT2D eigenvalue weighted by atomic mass is 10.0. The second-order valence-corrected chi connectivity index (χ2v) is 5.42. The van der Waals surface area contributed by atoms with Gasteiger partial charge in [-0.15, -0.1) is 11.3 Å². The molecule has 0 saturated carbocycles. The van der Waals surface area contributed by atoms with E-state index in [1.807, 2.05) is 11.6 Å². The van der Waals surface area contributed by atoms with E-state index in [1.54, 1.807) is 11.3 Å². The van der Waals surface area contributed by atoms with Crippen molar-refractivity contribution in [2.24, 2.45) is 0 Å². The van der Waals surface area contributed by atoms with Gasteiger partial charge in [-0.3, -0.25) is 0 Å². The van der Waals surface area contributed by atoms with Crippen LogP contribution in [0.2, 0.25) is 0 Å². The van der Waals surface area contributed by atoms with E-state index in [-0.39, 0.29) is 0 Å². The summed E-state index contributed by atoms with van der Waals surface area (Å²) in [5, 5.41) is 5.63. The molecule has 90 valence electrons. The fourth-order valence-corrected chi connectivity index (χ4v) is 2.90. The van der Waals surface area contributed by atoms with Crippen molar-refractivity contribution in [3.63, 3.8) is 0 Å². The molecule has 0 unspecified atom stereocenters. The van der Waals surface area contributed by atoms with Crippen LogP contribution >= 0.6 is 27.3 Å². The monoisotopic (exact) mass is 310 g/mol. The van der Waals surface area contributed by atoms with Crippen LogP contribution < -0.4 is 5.32 Å². The van der Waals surface area contributed by atoms with E-state index in [0.717, 1.165) is 23.1 Å². The van der Waals surface area contributed by atoms with E-state index >= 15 is 0 Å². The number of aromatic nitrogens is 1. The molecule has 0 fully saturated rings. The molecule has 17 heavy (non-hydrogen) atoms. The van der Waals surface area contributed by atoms with Crippen molar-refractivity contribution < 1.29 is 0 Å². The van der Waals surface area contributed by atoms with Crippen LogP contribution in [0.5, 0.6) is 0 Å². The van der Waals surface area contributed by atoms with Gasteiger partial charge in [-0.1, -0.05) is 41.1 Å². The van der Waals surface area contributed by atoms with Crippen molar-refractivity contribution in [2.45, 2.75) is 25.9 Å². The summed E-state index contributed by atoms with van der Waals surface area (Å²) in [6, 6.07) is 8.73. The van der Waals surface area contributed by atoms with E-state index in [9.17, 15) is 0 Å². The van der Waals surface area contributed by atoms with Gasteiger partial charge in [-0.2, -0.15) is 0 Å². The number of hydrogen-bond acceptors (Lipinski definition) is 3. The summed E-state index contributed by atoms with van der Waals surface area (Å²) < 4.78 is 1.16. The first-order chi connectivity index (χ1) is 8.31. The molecule has 1 aromatic carbocycles. The molecule has 1 N–H and O–H groups in total. The van der Waals surface area contributed by atoms with E-state index < -0.39 is 0 Å². The molecule has 0 aliphatic rings. The summed E-state index contributed by atoms with van der Waals surface area (Å²) in [4.78, 5) is 4.28. The normalized spacial score (nSPS) is 12.6. The molecule has 0 amide bonds. The number of halogens is 1. The summed E-state index contributed by atoms with van der Waals surface area (Å²) in [7, 11) is 0. The molecule has 2 rings (SSSR count). The van der Waals surface area contributed by atoms with Gasteiger partial charge in [-0.25, -0.2) is 4.98 Å². The van der Waals surface area contributed by atoms with Crippen LogP contribution in [0.1, 0.15) is 30.6 Å². The van der Waals surface area contributed by atoms with Crippen LogP contribution in [-0.2, 0) is 6.54 Å². The third-order valence-electron chi connectivity index (χ3n) is 2.70. The zero-order valence-corrected chi connectivity index (χ0v) is 12.1. The highest BCUT2D eigenvalue weighted by Crippen LogP contribution is 2.25. The third kappa shape index (κ3) is 3.37. The highest BCUT2D eigenvalue weighted by atomic mass is 79.9. The number of thiazole rings is 1. The standard InChI is InChI=1S/C13H15BrN2S/c1-2-13(11-5-3-4-6-12(11)14)15-7-10-8-17-9-16-10/h3-6,8-9,13,15H,2,7H2,1H3/t13-/m1/s1. The predicted octanol–water partition coefficient (Wildman–Crippen LogP) is 4.15. The fourth-order valence-electron chi connectivity index (χ4n) is 1.78. The minimum atomic E-state index is 0.368. The molecule has 2 nitrogen and oxygen atoms in total. The second kappa shape index (κ2) is 6.28. The highest BCUT2D eigenvalue weighted by molar-refractivity contribution is 9.10. The van der Waals surface area contributed by atoms with Crippen molar-refractivity contribution in [3.05, 3.63) is 50.9 Å². The molecule has 0 aliphatic carbocycles. The predicted molar refractivity (Wildman–Crippen MR) is 76.1 cm³/mol. The molecular weight excluding hydrogens is 296 g/mol. The van der Waals surface area contributed by atoms with E-state index in [2.05, 4.69) is 56.7 Å². The van der Waals surface area contributed by atoms with Crippen LogP contribution in [-0.4, -0.2) is 4.98 Å². The Kier molecular flexibility index (Phi) is 4.71. The van der Waals surface area contributed by atoms with Crippen molar-refractivity contribution in [2.75, 3.05) is 0 Å². The lowest BCUT2D eigenvalue weighted by molar-refractivity contribution is 0.513. The van der Waals surface area contributed by atoms with Gasteiger partial charge >= 0.3 is 0 Å². The number of nitrogens with zero attached hydrogens (tertiary/aromatic N) is 1. The lowest BCUT2D eigenvalue weighted by Crippen LogP contribution is -2.20. The minimum Gasteiger partial charge on any atom is -0.304 e. The van der Waals surface area contributed by atoms with Crippen LogP contribution in [0.4, 0.5) is 0 Å². The summed E-state index contributed by atoms with van der Waals surface area (Å²) >= 11 is 5.24. The summed E-state index contributed by atoms with van der Waals surface area (Å²) in [6.07, 6.45) is 1.06. The minimum absolute atomic E-state index is 0.368. The number of nitrogens with one attached hydrogen (secondary N) is 1. The van der Waals surface area contributed by atoms with Crippen LogP contribution in [0, 0.1) is 0 Å². The first-order valence-corrected chi connectivity index (χ1v) is 7.39. The molecule has 2 aromatic rings. The molecule has 0 bridgehead atoms. The molecule has 1 heterocycles. The van der Waals surface area contributed by atoms with Crippen molar-refractivity contribution in [1.29, 1.82) is 0 Å². The van der Waals surface area contributed by atoms with Gasteiger partial charge in [0.05, 0.1) is 11.2 Å². The SMILES string of the molecule is CC[C@@H](NCc1cscn1)c1ccccc1Br. The Labute approximate surface area is 114 Å². The van der Waals surface area contributed by atoms with E-state index in [0.29, 0.717) is 6.04 Å². The average Bonchev–Trinajstić information content (AvgIpc) is 2.85. The molecule has 1 atom stereocenters. The van der Waals surface area contributed by atoms with Crippen molar-refractivity contribution >= 4 is 27.3 Å². The number of hydrogen-bond donors (Lipinski definition) is 1. The van der Waals surface area contributed by atoms with Gasteiger partial charge in [0.25, 0.3) is 0 Å². The number of rotatable bonds is 5. The molecule has 1 aromatic heterocycles. The van der Waals surface area contributed by atoms with Crippen LogP contribution in [0.3, 0.4) is 0 Å². The summed E-state index contributed by atoms with van der Waals surface area (Å²) in [6.45, 7) is 3.02. The molecule has 0 spiro atoms. The number of benzene rings is 1. The maximum Gasteiger partial charge on any atom is 0.0795 e. The highest BCUT2D eigenvalue weighted by Gasteiger charge is 2.11. The molecule has 0 radical (unpaired) electrons. The smallest absolute Gasteiger partial charge is 0.0795 e. The quantitative estimate of drug-likeness (QED) is 0.897. The van der Waals surface area contributed by atoms with Gasteiger partial charge in [-0.05, 0) is 18.1 Å². The van der Waals surface area contributed by atoms with Gasteiger partial charge in [0.2, 0.25) is 0 Å². The van der Waals surface area contributed by atoms with Gasteiger partial charge < -0.3 is 5.32 Å². The molecular formula is C13H15BrN2S. The average molecular weight is 311 g/mol. The third-order valence-corrected chi connectivity index (χ3v) is 4.06. The Bertz CT molecular complexity index is 456. The van der Waals surface area contributed by atoms with E-state index in [1.165, 1.54) is 5.56 Å². The Morgan fingerprint density at radius 3 is 2.88 bits per heavy atom. The van der Waals surface area contributed by atoms with Gasteiger partial charge in [0.15, 0.2) is 0 Å². The summed E-state index contributed by atoms with van der Waals surface area (Å²) in [5.41, 5.74) is 4.29. The Morgan fingerprint density at radius 1 is 1.41 bits per heavy atom. The van der Waals surface area contributed by atoms with Crippen molar-refractivity contribution in [3.8, 4) is 0 Å². The first-order valence-electron chi connectivity index (χ1n) is 5.66. The Balaban J connectivity index is 2.04. The maximum atomic E-state index is 4.28. The van der Waals surface area contributed by atoms with Gasteiger partial charge in [0.1, 0.15) is 0 Å². The van der Waals surface area contributed by atoms with Crippen LogP contribution in [0.25, 0.3) is 0 Å². The maximum absolute atomic E-state index is 4.28. The fraction of sp³-hybridized carbons (Fsp3) is 0.308. The Morgan fingerprint density at radius 2 is 2.24 bits per heavy atom.